The minimum atomic E-state index is -1.36. The first-order chi connectivity index (χ1) is 16.9. The molecule has 0 atom stereocenters. The number of hydrogen-bond acceptors (Lipinski definition) is 1. The van der Waals surface area contributed by atoms with Crippen LogP contribution in [0.3, 0.4) is 0 Å². The predicted octanol–water partition coefficient (Wildman–Crippen LogP) is 7.32. The van der Waals surface area contributed by atoms with Crippen LogP contribution in [-0.4, -0.2) is 0 Å². The van der Waals surface area contributed by atoms with E-state index in [9.17, 15) is 0 Å². The zero-order valence-corrected chi connectivity index (χ0v) is 17.9. The predicted molar refractivity (Wildman–Crippen MR) is 125 cm³/mol. The monoisotopic (exact) mass is 415 g/mol. The topological polar surface area (TPSA) is 17.0 Å². The molecule has 0 unspecified atom stereocenters. The molecule has 0 fully saturated rings. The number of fused-ring (bicyclic) bond motifs is 3. The highest BCUT2D eigenvalue weighted by Crippen LogP contribution is 2.41. The van der Waals surface area contributed by atoms with Crippen molar-refractivity contribution in [3.05, 3.63) is 89.8 Å². The molecular weight excluding hydrogens is 385 g/mol. The first-order valence-electron chi connectivity index (χ1n) is 12.6. The number of nitrogens with zero attached hydrogens (tertiary/aromatic N) is 1. The van der Waals surface area contributed by atoms with E-state index in [1.165, 1.54) is 19.9 Å². The van der Waals surface area contributed by atoms with Gasteiger partial charge in [-0.3, -0.25) is 0 Å². The summed E-state index contributed by atoms with van der Waals surface area (Å²) < 4.78 is 66.4. The highest BCUT2D eigenvalue weighted by molar-refractivity contribution is 6.13. The van der Waals surface area contributed by atoms with Gasteiger partial charge in [-0.25, -0.2) is 8.96 Å². The molecule has 5 rings (SSSR count). The fourth-order valence-corrected chi connectivity index (χ4v) is 4.00. The summed E-state index contributed by atoms with van der Waals surface area (Å²) in [6.45, 7) is 4.98. The summed E-state index contributed by atoms with van der Waals surface area (Å²) in [7, 11) is 1.93. The van der Waals surface area contributed by atoms with E-state index in [1.54, 1.807) is 6.07 Å². The minimum Gasteiger partial charge on any atom is -0.454 e. The van der Waals surface area contributed by atoms with Crippen molar-refractivity contribution in [2.75, 3.05) is 0 Å². The zero-order valence-electron chi connectivity index (χ0n) is 22.9. The molecule has 0 amide bonds. The molecule has 2 aromatic heterocycles. The van der Waals surface area contributed by atoms with Crippen molar-refractivity contribution >= 4 is 21.9 Å². The van der Waals surface area contributed by atoms with Crippen molar-refractivity contribution in [3.63, 3.8) is 0 Å². The van der Waals surface area contributed by atoms with Crippen LogP contribution in [0, 0.1) is 12.7 Å². The molecule has 0 aliphatic carbocycles. The average Bonchev–Trinajstić information content (AvgIpc) is 3.17. The van der Waals surface area contributed by atoms with Crippen LogP contribution in [0.25, 0.3) is 44.3 Å². The Morgan fingerprint density at radius 3 is 2.29 bits per heavy atom. The lowest BCUT2D eigenvalue weighted by Gasteiger charge is -2.08. The van der Waals surface area contributed by atoms with Crippen LogP contribution in [-0.2, 0) is 7.05 Å². The van der Waals surface area contributed by atoms with Gasteiger partial charge in [0, 0.05) is 24.3 Å². The van der Waals surface area contributed by atoms with E-state index in [0.29, 0.717) is 11.0 Å². The van der Waals surface area contributed by atoms with Gasteiger partial charge < -0.3 is 4.42 Å². The van der Waals surface area contributed by atoms with Crippen LogP contribution in [0.2, 0.25) is 0 Å². The van der Waals surface area contributed by atoms with Crippen LogP contribution in [0.1, 0.15) is 37.7 Å². The van der Waals surface area contributed by atoms with Gasteiger partial charge in [-0.2, -0.15) is 0 Å². The Bertz CT molecular complexity index is 1670. The van der Waals surface area contributed by atoms with Crippen molar-refractivity contribution < 1.29 is 20.2 Å². The zero-order chi connectivity index (χ0) is 26.1. The number of halogens is 1. The van der Waals surface area contributed by atoms with E-state index in [-0.39, 0.29) is 34.4 Å². The van der Waals surface area contributed by atoms with Gasteiger partial charge in [0.2, 0.25) is 5.69 Å². The van der Waals surface area contributed by atoms with Gasteiger partial charge in [0.05, 0.1) is 16.6 Å². The van der Waals surface area contributed by atoms with Crippen LogP contribution < -0.4 is 4.57 Å². The lowest BCUT2D eigenvalue weighted by atomic mass is 9.96. The number of pyridine rings is 1. The molecule has 0 aliphatic heterocycles. The lowest BCUT2D eigenvalue weighted by molar-refractivity contribution is -0.660. The Balaban J connectivity index is 1.92. The largest absolute Gasteiger partial charge is 0.454 e. The third kappa shape index (κ3) is 3.12. The minimum absolute atomic E-state index is 0.0343. The van der Waals surface area contributed by atoms with E-state index in [4.69, 9.17) is 11.3 Å². The maximum Gasteiger partial charge on any atom is 0.216 e. The summed E-state index contributed by atoms with van der Waals surface area (Å²) in [4.78, 5) is 0. The number of aryl methyl sites for hydroxylation is 2. The van der Waals surface area contributed by atoms with Gasteiger partial charge >= 0.3 is 0 Å². The standard InChI is InChI=1S/C28H25FNO/c1-17(2)19-9-11-20(12-10-19)26-23(29)15-14-22-21-13-8-18(3)25(27(21)31-28(22)26)24-7-5-6-16-30(24)4/h5-17H,1-4H3/q+1/i9D,10D,11D,12D,17D. The maximum atomic E-state index is 15.5. The molecule has 0 N–H and O–H groups in total. The Morgan fingerprint density at radius 2 is 1.61 bits per heavy atom. The maximum absolute atomic E-state index is 15.5. The third-order valence-electron chi connectivity index (χ3n) is 5.65. The molecule has 0 aliphatic rings. The molecule has 5 aromatic rings. The fourth-order valence-electron chi connectivity index (χ4n) is 4.00. The van der Waals surface area contributed by atoms with Crippen LogP contribution in [0.4, 0.5) is 4.39 Å². The lowest BCUT2D eigenvalue weighted by Crippen LogP contribution is -2.30. The van der Waals surface area contributed by atoms with Gasteiger partial charge in [-0.15, -0.1) is 0 Å². The summed E-state index contributed by atoms with van der Waals surface area (Å²) in [5.41, 5.74) is 3.12. The summed E-state index contributed by atoms with van der Waals surface area (Å²) in [5.74, 6) is -2.07. The van der Waals surface area contributed by atoms with E-state index in [2.05, 4.69) is 0 Å². The molecule has 0 bridgehead atoms. The molecule has 31 heavy (non-hydrogen) atoms. The molecule has 0 saturated heterocycles. The van der Waals surface area contributed by atoms with Gasteiger partial charge in [0.15, 0.2) is 6.20 Å². The van der Waals surface area contributed by atoms with Crippen molar-refractivity contribution in [3.8, 4) is 22.4 Å². The van der Waals surface area contributed by atoms with E-state index >= 15 is 4.39 Å². The number of aromatic nitrogens is 1. The number of benzene rings is 3. The number of rotatable bonds is 3. The first-order valence-corrected chi connectivity index (χ1v) is 10.1. The normalized spacial score (nSPS) is 14.3. The van der Waals surface area contributed by atoms with Crippen molar-refractivity contribution in [1.82, 2.24) is 0 Å². The summed E-state index contributed by atoms with van der Waals surface area (Å²) in [6.07, 6.45) is 1.93. The van der Waals surface area contributed by atoms with Crippen LogP contribution >= 0.6 is 0 Å². The second-order valence-corrected chi connectivity index (χ2v) is 7.98. The molecule has 3 heteroatoms. The third-order valence-corrected chi connectivity index (χ3v) is 5.65. The van der Waals surface area contributed by atoms with Gasteiger partial charge in [-0.1, -0.05) is 50.1 Å². The van der Waals surface area contributed by atoms with Crippen molar-refractivity contribution in [2.45, 2.75) is 26.7 Å². The molecular formula is C28H25FNO+. The van der Waals surface area contributed by atoms with Crippen molar-refractivity contribution in [2.24, 2.45) is 7.05 Å². The van der Waals surface area contributed by atoms with E-state index < -0.39 is 23.8 Å². The fraction of sp³-hybridized carbons (Fsp3) is 0.179. The molecule has 0 radical (unpaired) electrons. The second kappa shape index (κ2) is 7.35. The average molecular weight is 416 g/mol. The Kier molecular flexibility index (Phi) is 3.44. The Labute approximate surface area is 188 Å². The molecule has 3 aromatic carbocycles. The summed E-state index contributed by atoms with van der Waals surface area (Å²) >= 11 is 0. The smallest absolute Gasteiger partial charge is 0.216 e. The molecule has 0 saturated carbocycles. The molecule has 2 nitrogen and oxygen atoms in total. The van der Waals surface area contributed by atoms with Gasteiger partial charge in [-0.05, 0) is 47.7 Å². The highest BCUT2D eigenvalue weighted by atomic mass is 19.1. The van der Waals surface area contributed by atoms with Crippen LogP contribution in [0.15, 0.2) is 77.2 Å². The first kappa shape index (κ1) is 14.5. The quantitative estimate of drug-likeness (QED) is 0.282. The molecule has 154 valence electrons. The summed E-state index contributed by atoms with van der Waals surface area (Å²) in [6, 6.07) is 11.1. The van der Waals surface area contributed by atoms with E-state index in [0.717, 1.165) is 22.2 Å². The van der Waals surface area contributed by atoms with E-state index in [1.807, 2.05) is 55.1 Å². The highest BCUT2D eigenvalue weighted by Gasteiger charge is 2.22. The molecule has 2 heterocycles. The van der Waals surface area contributed by atoms with Gasteiger partial charge in [0.25, 0.3) is 0 Å². The SMILES string of the molecule is [2H]c1c([2H])c(C([2H])(C)C)c([2H])c([2H])c1-c1c(F)ccc2c1oc1c(-c3cccc[n+]3C)c(C)ccc12. The summed E-state index contributed by atoms with van der Waals surface area (Å²) in [5, 5.41) is 1.37. The van der Waals surface area contributed by atoms with Crippen LogP contribution in [0.5, 0.6) is 0 Å². The number of furan rings is 1. The second-order valence-electron chi connectivity index (χ2n) is 7.98. The molecule has 0 spiro atoms. The van der Waals surface area contributed by atoms with Crippen molar-refractivity contribution in [1.29, 1.82) is 0 Å². The Hall–Kier alpha value is -3.46. The van der Waals surface area contributed by atoms with Gasteiger partial charge in [0.1, 0.15) is 24.0 Å². The Morgan fingerprint density at radius 1 is 0.935 bits per heavy atom. The number of hydrogen-bond donors (Lipinski definition) is 0.